The van der Waals surface area contributed by atoms with Gasteiger partial charge in [0.1, 0.15) is 10.9 Å². The molecule has 41 heavy (non-hydrogen) atoms. The van der Waals surface area contributed by atoms with Crippen molar-refractivity contribution in [1.82, 2.24) is 5.01 Å². The van der Waals surface area contributed by atoms with E-state index in [9.17, 15) is 13.7 Å². The molecule has 0 saturated carbocycles. The van der Waals surface area contributed by atoms with Crippen molar-refractivity contribution in [3.8, 4) is 6.07 Å². The van der Waals surface area contributed by atoms with Gasteiger partial charge < -0.3 is 4.90 Å². The average molecular weight is 584 g/mol. The minimum atomic E-state index is -4.13. The highest BCUT2D eigenvalue weighted by Gasteiger charge is 2.45. The summed E-state index contributed by atoms with van der Waals surface area (Å²) in [7, 11) is -0.271. The average Bonchev–Trinajstić information content (AvgIpc) is 3.33. The Morgan fingerprint density at radius 1 is 0.976 bits per heavy atom. The lowest BCUT2D eigenvalue weighted by Crippen LogP contribution is -2.53. The van der Waals surface area contributed by atoms with Crippen LogP contribution in [0.4, 0.5) is 5.69 Å². The van der Waals surface area contributed by atoms with E-state index >= 15 is 0 Å². The van der Waals surface area contributed by atoms with Crippen LogP contribution in [-0.2, 0) is 10.0 Å². The molecule has 3 aromatic carbocycles. The van der Waals surface area contributed by atoms with Crippen LogP contribution in [0.3, 0.4) is 0 Å². The number of sulfonamides is 1. The van der Waals surface area contributed by atoms with Crippen LogP contribution >= 0.6 is 11.6 Å². The van der Waals surface area contributed by atoms with Crippen molar-refractivity contribution in [1.29, 1.82) is 5.26 Å². The molecule has 0 N–H and O–H groups in total. The Labute approximate surface area is 245 Å². The van der Waals surface area contributed by atoms with Crippen molar-refractivity contribution < 1.29 is 13.0 Å². The highest BCUT2D eigenvalue weighted by molar-refractivity contribution is 7.90. The molecule has 2 atom stereocenters. The Hall–Kier alpha value is -4.52. The summed E-state index contributed by atoms with van der Waals surface area (Å²) < 4.78 is 33.2. The third kappa shape index (κ3) is 5.85. The van der Waals surface area contributed by atoms with E-state index in [2.05, 4.69) is 10.5 Å². The lowest BCUT2D eigenvalue weighted by Gasteiger charge is -2.21. The highest BCUT2D eigenvalue weighted by atomic mass is 35.5. The maximum Gasteiger partial charge on any atom is 0.435 e. The molecule has 0 fully saturated rings. The number of hydrogen-bond donors (Lipinski definition) is 0. The molecule has 0 amide bonds. The van der Waals surface area contributed by atoms with Crippen molar-refractivity contribution in [2.75, 3.05) is 19.0 Å². The molecule has 2 unspecified atom stereocenters. The second-order valence-corrected chi connectivity index (χ2v) is 11.9. The molecule has 0 radical (unpaired) electrons. The number of hydrogen-bond acceptors (Lipinski definition) is 5. The standard InChI is InChI=1S/C31H28ClN6O2S/c1-22-29(24-7-5-4-6-8-24)30(25-11-9-23(21-33)10-12-25)34-38(22)31(37-19-17-27(18-20-37)36(2)3)35-41(39,40)28-15-13-26(32)14-16-28/h4-20,22,29H,1-3H3/q+1. The number of halogens is 1. The normalized spacial score (nSPS) is 17.2. The van der Waals surface area contributed by atoms with Crippen molar-refractivity contribution in [2.24, 2.45) is 9.50 Å². The predicted octanol–water partition coefficient (Wildman–Crippen LogP) is 5.05. The Bertz CT molecular complexity index is 1750. The van der Waals surface area contributed by atoms with Gasteiger partial charge in [0.15, 0.2) is 0 Å². The third-order valence-electron chi connectivity index (χ3n) is 6.92. The SMILES string of the molecule is CC1C(c2ccccc2)C(c2ccc(C#N)cc2)=NN1C(=NS(=O)(=O)c1ccc(Cl)cc1)[n+]1ccc(N(C)C)cc1. The molecule has 0 saturated heterocycles. The van der Waals surface area contributed by atoms with Gasteiger partial charge in [-0.25, -0.2) is 4.57 Å². The van der Waals surface area contributed by atoms with Crippen LogP contribution in [0.25, 0.3) is 0 Å². The first-order chi connectivity index (χ1) is 19.7. The van der Waals surface area contributed by atoms with E-state index in [1.165, 1.54) is 24.3 Å². The minimum absolute atomic E-state index is 0.0210. The van der Waals surface area contributed by atoms with Gasteiger partial charge in [-0.2, -0.15) is 13.7 Å². The summed E-state index contributed by atoms with van der Waals surface area (Å²) in [6.07, 6.45) is 3.54. The minimum Gasteiger partial charge on any atom is -0.377 e. The lowest BCUT2D eigenvalue weighted by molar-refractivity contribution is -0.565. The quantitative estimate of drug-likeness (QED) is 0.186. The second kappa shape index (κ2) is 11.5. The fourth-order valence-corrected chi connectivity index (χ4v) is 5.84. The fraction of sp³-hybridized carbons (Fsp3) is 0.161. The number of nitrogens with zero attached hydrogens (tertiary/aromatic N) is 6. The number of benzene rings is 3. The largest absolute Gasteiger partial charge is 0.435 e. The van der Waals surface area contributed by atoms with E-state index in [0.717, 1.165) is 22.5 Å². The number of rotatable bonds is 5. The molecule has 8 nitrogen and oxygen atoms in total. The first kappa shape index (κ1) is 28.0. The number of anilines is 1. The van der Waals surface area contributed by atoms with E-state index in [4.69, 9.17) is 16.7 Å². The van der Waals surface area contributed by atoms with Crippen LogP contribution in [0.15, 0.2) is 118 Å². The number of pyridine rings is 1. The summed E-state index contributed by atoms with van der Waals surface area (Å²) in [6.45, 7) is 2.00. The Balaban J connectivity index is 1.69. The topological polar surface area (TPSA) is 93.0 Å². The van der Waals surface area contributed by atoms with Gasteiger partial charge in [-0.15, -0.1) is 10.1 Å². The molecule has 4 aromatic rings. The molecule has 10 heteroatoms. The molecule has 206 valence electrons. The van der Waals surface area contributed by atoms with Gasteiger partial charge in [0.2, 0.25) is 0 Å². The number of hydrazone groups is 1. The van der Waals surface area contributed by atoms with Gasteiger partial charge in [0.05, 0.1) is 35.7 Å². The van der Waals surface area contributed by atoms with E-state index < -0.39 is 10.0 Å². The monoisotopic (exact) mass is 583 g/mol. The molecule has 0 spiro atoms. The van der Waals surface area contributed by atoms with Crippen LogP contribution in [0.2, 0.25) is 5.02 Å². The summed E-state index contributed by atoms with van der Waals surface area (Å²) in [5.41, 5.74) is 4.09. The Morgan fingerprint density at radius 2 is 1.61 bits per heavy atom. The van der Waals surface area contributed by atoms with Gasteiger partial charge in [-0.1, -0.05) is 54.1 Å². The maximum absolute atomic E-state index is 13.6. The van der Waals surface area contributed by atoms with Crippen molar-refractivity contribution in [2.45, 2.75) is 23.8 Å². The van der Waals surface area contributed by atoms with Gasteiger partial charge in [-0.05, 0) is 66.6 Å². The molecule has 5 rings (SSSR count). The summed E-state index contributed by atoms with van der Waals surface area (Å²) in [5.74, 6) is -0.0726. The number of nitriles is 1. The number of aromatic nitrogens is 1. The van der Waals surface area contributed by atoms with Gasteiger partial charge >= 0.3 is 16.0 Å². The van der Waals surface area contributed by atoms with E-state index in [-0.39, 0.29) is 22.8 Å². The van der Waals surface area contributed by atoms with Crippen LogP contribution in [-0.4, -0.2) is 45.2 Å². The van der Waals surface area contributed by atoms with Crippen molar-refractivity contribution >= 4 is 39.0 Å². The molecular formula is C31H28ClN6O2S+. The lowest BCUT2D eigenvalue weighted by atomic mass is 9.85. The molecule has 1 aliphatic rings. The predicted molar refractivity (Wildman–Crippen MR) is 161 cm³/mol. The summed E-state index contributed by atoms with van der Waals surface area (Å²) in [5, 5.41) is 16.4. The highest BCUT2D eigenvalue weighted by Crippen LogP contribution is 2.34. The molecule has 0 bridgehead atoms. The zero-order valence-electron chi connectivity index (χ0n) is 22.8. The third-order valence-corrected chi connectivity index (χ3v) is 8.45. The molecular weight excluding hydrogens is 556 g/mol. The molecule has 1 aromatic heterocycles. The molecule has 0 aliphatic carbocycles. The van der Waals surface area contributed by atoms with Crippen LogP contribution in [0.1, 0.15) is 29.5 Å². The first-order valence-electron chi connectivity index (χ1n) is 12.9. The van der Waals surface area contributed by atoms with Crippen molar-refractivity contribution in [3.63, 3.8) is 0 Å². The van der Waals surface area contributed by atoms with E-state index in [1.54, 1.807) is 34.1 Å². The summed E-state index contributed by atoms with van der Waals surface area (Å²) in [6, 6.07) is 28.7. The van der Waals surface area contributed by atoms with Gasteiger partial charge in [0.25, 0.3) is 0 Å². The summed E-state index contributed by atoms with van der Waals surface area (Å²) in [4.78, 5) is 1.98. The first-order valence-corrected chi connectivity index (χ1v) is 14.7. The summed E-state index contributed by atoms with van der Waals surface area (Å²) >= 11 is 6.01. The zero-order valence-corrected chi connectivity index (χ0v) is 24.3. The van der Waals surface area contributed by atoms with E-state index in [1.807, 2.05) is 80.5 Å². The van der Waals surface area contributed by atoms with Crippen LogP contribution in [0, 0.1) is 11.3 Å². The maximum atomic E-state index is 13.6. The van der Waals surface area contributed by atoms with Crippen LogP contribution in [0.5, 0.6) is 0 Å². The fourth-order valence-electron chi connectivity index (χ4n) is 4.74. The van der Waals surface area contributed by atoms with Crippen LogP contribution < -0.4 is 9.47 Å². The second-order valence-electron chi connectivity index (χ2n) is 9.83. The Kier molecular flexibility index (Phi) is 7.88. The molecule has 1 aliphatic heterocycles. The van der Waals surface area contributed by atoms with Gasteiger partial charge in [0, 0.05) is 29.2 Å². The molecule has 2 heterocycles. The van der Waals surface area contributed by atoms with E-state index in [0.29, 0.717) is 10.6 Å². The van der Waals surface area contributed by atoms with Crippen molar-refractivity contribution in [3.05, 3.63) is 125 Å². The zero-order chi connectivity index (χ0) is 29.1. The smallest absolute Gasteiger partial charge is 0.377 e. The van der Waals surface area contributed by atoms with Gasteiger partial charge in [-0.3, -0.25) is 0 Å². The Morgan fingerprint density at radius 3 is 2.20 bits per heavy atom.